The van der Waals surface area contributed by atoms with Crippen LogP contribution >= 0.6 is 0 Å². The Morgan fingerprint density at radius 1 is 1.03 bits per heavy atom. The summed E-state index contributed by atoms with van der Waals surface area (Å²) >= 11 is 0. The van der Waals surface area contributed by atoms with Crippen molar-refractivity contribution in [2.45, 2.75) is 91.2 Å². The van der Waals surface area contributed by atoms with Crippen LogP contribution in [0.1, 0.15) is 66.9 Å². The number of benzene rings is 1. The van der Waals surface area contributed by atoms with Gasteiger partial charge in [0.25, 0.3) is 5.91 Å². The lowest BCUT2D eigenvalue weighted by molar-refractivity contribution is -0.131. The number of hydrogen-bond acceptors (Lipinski definition) is 7. The van der Waals surface area contributed by atoms with Gasteiger partial charge in [-0.2, -0.15) is 0 Å². The normalized spacial score (nSPS) is 17.0. The fraction of sp³-hybridized carbons (Fsp3) is 0.538. The largest absolute Gasteiger partial charge is 0.443 e. The number of carbonyl (C=O) groups is 4. The Morgan fingerprint density at radius 2 is 1.60 bits per heavy atom. The maximum Gasteiger partial charge on any atom is 0.417 e. The molecule has 0 saturated heterocycles. The van der Waals surface area contributed by atoms with Crippen molar-refractivity contribution >= 4 is 24.0 Å². The van der Waals surface area contributed by atoms with E-state index >= 15 is 0 Å². The number of amides is 4. The van der Waals surface area contributed by atoms with Gasteiger partial charge < -0.3 is 14.6 Å². The van der Waals surface area contributed by atoms with Crippen LogP contribution in [0.2, 0.25) is 0 Å². The van der Waals surface area contributed by atoms with E-state index < -0.39 is 47.3 Å². The molecule has 9 nitrogen and oxygen atoms in total. The smallest absolute Gasteiger partial charge is 0.417 e. The van der Waals surface area contributed by atoms with E-state index in [1.165, 1.54) is 6.08 Å². The van der Waals surface area contributed by atoms with E-state index in [9.17, 15) is 24.3 Å². The Morgan fingerprint density at radius 3 is 2.14 bits per heavy atom. The van der Waals surface area contributed by atoms with E-state index in [1.54, 1.807) is 72.7 Å². The molecule has 1 aliphatic heterocycles. The fourth-order valence-electron chi connectivity index (χ4n) is 3.44. The molecule has 1 aromatic carbocycles. The summed E-state index contributed by atoms with van der Waals surface area (Å²) in [4.78, 5) is 52.8. The molecule has 0 unspecified atom stereocenters. The summed E-state index contributed by atoms with van der Waals surface area (Å²) in [6.07, 6.45) is -1.70. The molecule has 1 aromatic rings. The Kier molecular flexibility index (Phi) is 8.84. The quantitative estimate of drug-likeness (QED) is 0.639. The highest BCUT2D eigenvalue weighted by atomic mass is 16.6. The van der Waals surface area contributed by atoms with E-state index in [-0.39, 0.29) is 19.4 Å². The van der Waals surface area contributed by atoms with Gasteiger partial charge in [0.1, 0.15) is 11.2 Å². The first-order valence-corrected chi connectivity index (χ1v) is 11.6. The molecule has 4 amide bonds. The molecule has 0 aromatic heterocycles. The van der Waals surface area contributed by atoms with Gasteiger partial charge in [-0.1, -0.05) is 36.4 Å². The number of aliphatic hydroxyl groups is 1. The molecular formula is C26H36N2O7. The topological polar surface area (TPSA) is 113 Å². The highest BCUT2D eigenvalue weighted by Crippen LogP contribution is 2.25. The molecule has 2 atom stereocenters. The Bertz CT molecular complexity index is 974. The SMILES string of the molecule is CC1=C[C@H]([C@H](O)CCC(=O)N(Cc2ccccc2)C(=O)OC(C)(C)C)N(C(=O)OC(C)(C)C)C1=O. The zero-order chi connectivity index (χ0) is 26.6. The minimum absolute atomic E-state index is 0.00956. The van der Waals surface area contributed by atoms with Gasteiger partial charge in [-0.05, 0) is 60.5 Å². The van der Waals surface area contributed by atoms with Crippen molar-refractivity contribution in [2.75, 3.05) is 0 Å². The summed E-state index contributed by atoms with van der Waals surface area (Å²) in [6.45, 7) is 11.7. The second kappa shape index (κ2) is 11.0. The molecule has 0 spiro atoms. The van der Waals surface area contributed by atoms with Crippen molar-refractivity contribution in [3.63, 3.8) is 0 Å². The summed E-state index contributed by atoms with van der Waals surface area (Å²) in [6, 6.07) is 8.02. The van der Waals surface area contributed by atoms with E-state index in [2.05, 4.69) is 0 Å². The molecule has 1 aliphatic rings. The van der Waals surface area contributed by atoms with Crippen molar-refractivity contribution in [3.8, 4) is 0 Å². The standard InChI is InChI=1S/C26H36N2O7/c1-17-15-19(28(22(17)31)24(33)35-26(5,6)7)20(29)13-14-21(30)27(23(32)34-25(2,3)4)16-18-11-9-8-10-12-18/h8-12,15,19-20,29H,13-14,16H2,1-7H3/t19-,20-/m1/s1. The molecule has 192 valence electrons. The number of imide groups is 2. The van der Waals surface area contributed by atoms with Gasteiger partial charge in [0.2, 0.25) is 5.91 Å². The van der Waals surface area contributed by atoms with Crippen LogP contribution in [-0.2, 0) is 25.6 Å². The Balaban J connectivity index is 2.14. The van der Waals surface area contributed by atoms with Gasteiger partial charge in [0, 0.05) is 12.0 Å². The van der Waals surface area contributed by atoms with Crippen molar-refractivity contribution in [1.29, 1.82) is 0 Å². The van der Waals surface area contributed by atoms with Crippen molar-refractivity contribution in [1.82, 2.24) is 9.80 Å². The number of rotatable bonds is 6. The first kappa shape index (κ1) is 28.0. The molecular weight excluding hydrogens is 452 g/mol. The third-order valence-corrected chi connectivity index (χ3v) is 5.01. The van der Waals surface area contributed by atoms with Gasteiger partial charge in [-0.15, -0.1) is 0 Å². The molecule has 2 rings (SSSR count). The van der Waals surface area contributed by atoms with Crippen molar-refractivity contribution < 1.29 is 33.8 Å². The maximum atomic E-state index is 13.1. The van der Waals surface area contributed by atoms with Crippen molar-refractivity contribution in [2.24, 2.45) is 0 Å². The van der Waals surface area contributed by atoms with Crippen LogP contribution in [0.4, 0.5) is 9.59 Å². The van der Waals surface area contributed by atoms with Gasteiger partial charge in [0.15, 0.2) is 0 Å². The summed E-state index contributed by atoms with van der Waals surface area (Å²) in [5, 5.41) is 10.8. The van der Waals surface area contributed by atoms with Crippen LogP contribution in [0.5, 0.6) is 0 Å². The van der Waals surface area contributed by atoms with Crippen LogP contribution in [0, 0.1) is 0 Å². The van der Waals surface area contributed by atoms with E-state index in [1.807, 2.05) is 6.07 Å². The summed E-state index contributed by atoms with van der Waals surface area (Å²) in [7, 11) is 0. The molecule has 35 heavy (non-hydrogen) atoms. The number of carbonyl (C=O) groups excluding carboxylic acids is 4. The molecule has 1 N–H and O–H groups in total. The van der Waals surface area contributed by atoms with Crippen LogP contribution in [0.3, 0.4) is 0 Å². The van der Waals surface area contributed by atoms with E-state index in [0.717, 1.165) is 15.4 Å². The fourth-order valence-corrected chi connectivity index (χ4v) is 3.44. The predicted octanol–water partition coefficient (Wildman–Crippen LogP) is 4.18. The first-order chi connectivity index (χ1) is 16.1. The van der Waals surface area contributed by atoms with Gasteiger partial charge in [0.05, 0.1) is 18.7 Å². The third-order valence-electron chi connectivity index (χ3n) is 5.01. The minimum atomic E-state index is -1.23. The number of aliphatic hydroxyl groups excluding tert-OH is 1. The molecule has 0 radical (unpaired) electrons. The maximum absolute atomic E-state index is 13.1. The molecule has 0 aliphatic carbocycles. The Labute approximate surface area is 206 Å². The zero-order valence-corrected chi connectivity index (χ0v) is 21.5. The molecule has 1 heterocycles. The first-order valence-electron chi connectivity index (χ1n) is 11.6. The van der Waals surface area contributed by atoms with Gasteiger partial charge in [-0.25, -0.2) is 19.4 Å². The van der Waals surface area contributed by atoms with Crippen LogP contribution in [-0.4, -0.2) is 62.3 Å². The number of nitrogens with zero attached hydrogens (tertiary/aromatic N) is 2. The highest BCUT2D eigenvalue weighted by molar-refractivity contribution is 6.05. The van der Waals surface area contributed by atoms with Crippen LogP contribution in [0.25, 0.3) is 0 Å². The molecule has 9 heteroatoms. The Hall–Kier alpha value is -3.20. The average molecular weight is 489 g/mol. The lowest BCUT2D eigenvalue weighted by atomic mass is 10.0. The number of ether oxygens (including phenoxy) is 2. The van der Waals surface area contributed by atoms with Crippen LogP contribution in [0.15, 0.2) is 42.0 Å². The predicted molar refractivity (Wildman–Crippen MR) is 129 cm³/mol. The lowest BCUT2D eigenvalue weighted by Crippen LogP contribution is -2.48. The second-order valence-electron chi connectivity index (χ2n) is 10.5. The molecule has 0 fully saturated rings. The summed E-state index contributed by atoms with van der Waals surface area (Å²) in [5.74, 6) is -1.11. The summed E-state index contributed by atoms with van der Waals surface area (Å²) < 4.78 is 10.7. The van der Waals surface area contributed by atoms with Crippen molar-refractivity contribution in [3.05, 3.63) is 47.5 Å². The van der Waals surface area contributed by atoms with Gasteiger partial charge in [-0.3, -0.25) is 9.59 Å². The second-order valence-corrected chi connectivity index (χ2v) is 10.5. The molecule has 0 bridgehead atoms. The molecule has 0 saturated carbocycles. The van der Waals surface area contributed by atoms with E-state index in [0.29, 0.717) is 5.57 Å². The average Bonchev–Trinajstić information content (AvgIpc) is 3.03. The highest BCUT2D eigenvalue weighted by Gasteiger charge is 2.41. The van der Waals surface area contributed by atoms with E-state index in [4.69, 9.17) is 9.47 Å². The van der Waals surface area contributed by atoms with Gasteiger partial charge >= 0.3 is 12.2 Å². The lowest BCUT2D eigenvalue weighted by Gasteiger charge is -2.30. The number of hydrogen-bond donors (Lipinski definition) is 1. The summed E-state index contributed by atoms with van der Waals surface area (Å²) in [5.41, 5.74) is -0.592. The minimum Gasteiger partial charge on any atom is -0.443 e. The van der Waals surface area contributed by atoms with Crippen LogP contribution < -0.4 is 0 Å². The zero-order valence-electron chi connectivity index (χ0n) is 21.5. The third kappa shape index (κ3) is 8.20. The monoisotopic (exact) mass is 488 g/mol.